The highest BCUT2D eigenvalue weighted by atomic mass is 32.1. The van der Waals surface area contributed by atoms with Crippen molar-refractivity contribution >= 4 is 27.9 Å². The third-order valence-corrected chi connectivity index (χ3v) is 4.25. The number of carbonyl (C=O) groups is 1. The zero-order valence-corrected chi connectivity index (χ0v) is 12.5. The summed E-state index contributed by atoms with van der Waals surface area (Å²) in [5, 5.41) is 6.85. The lowest BCUT2D eigenvalue weighted by atomic mass is 10.0. The summed E-state index contributed by atoms with van der Waals surface area (Å²) in [6.07, 6.45) is 0. The van der Waals surface area contributed by atoms with E-state index in [4.69, 9.17) is 5.73 Å². The van der Waals surface area contributed by atoms with Crippen molar-refractivity contribution in [2.75, 3.05) is 24.6 Å². The molecule has 0 spiro atoms. The lowest BCUT2D eigenvalue weighted by Gasteiger charge is -2.12. The van der Waals surface area contributed by atoms with Crippen LogP contribution >= 0.6 is 11.3 Å². The van der Waals surface area contributed by atoms with Crippen molar-refractivity contribution in [3.05, 3.63) is 46.8 Å². The molecular weight excluding hydrogens is 270 g/mol. The number of carbonyl (C=O) groups excluding carboxylic acids is 1. The van der Waals surface area contributed by atoms with Crippen LogP contribution in [0.15, 0.2) is 36.4 Å². The van der Waals surface area contributed by atoms with Crippen LogP contribution in [-0.2, 0) is 0 Å². The number of hydrogen-bond acceptors (Lipinski definition) is 4. The highest BCUT2D eigenvalue weighted by molar-refractivity contribution is 7.18. The summed E-state index contributed by atoms with van der Waals surface area (Å²) in [5.74, 6) is 0.250. The van der Waals surface area contributed by atoms with E-state index in [0.29, 0.717) is 16.5 Å². The Kier molecular flexibility index (Phi) is 4.63. The Bertz CT molecular complexity index is 580. The molecule has 1 atom stereocenters. The second kappa shape index (κ2) is 6.43. The molecule has 20 heavy (non-hydrogen) atoms. The molecule has 0 radical (unpaired) electrons. The first-order valence-corrected chi connectivity index (χ1v) is 7.33. The molecule has 0 aliphatic heterocycles. The second-order valence-corrected chi connectivity index (χ2v) is 5.72. The lowest BCUT2D eigenvalue weighted by Crippen LogP contribution is -2.17. The molecule has 0 saturated carbocycles. The predicted octanol–water partition coefficient (Wildman–Crippen LogP) is 2.91. The molecule has 106 valence electrons. The maximum Gasteiger partial charge on any atom is 0.263 e. The van der Waals surface area contributed by atoms with Gasteiger partial charge in [-0.05, 0) is 17.5 Å². The topological polar surface area (TPSA) is 67.2 Å². The quantitative estimate of drug-likeness (QED) is 0.793. The van der Waals surface area contributed by atoms with Crippen LogP contribution in [0.5, 0.6) is 0 Å². The molecule has 2 rings (SSSR count). The minimum absolute atomic E-state index is 0.142. The molecule has 5 heteroatoms. The summed E-state index contributed by atoms with van der Waals surface area (Å²) in [4.78, 5) is 12.2. The first kappa shape index (κ1) is 14.4. The fraction of sp³-hybridized carbons (Fsp3) is 0.267. The van der Waals surface area contributed by atoms with Gasteiger partial charge >= 0.3 is 0 Å². The number of nitrogens with one attached hydrogen (secondary N) is 2. The molecule has 0 bridgehead atoms. The molecule has 1 amide bonds. The van der Waals surface area contributed by atoms with Crippen molar-refractivity contribution in [1.29, 1.82) is 0 Å². The normalized spacial score (nSPS) is 11.9. The smallest absolute Gasteiger partial charge is 0.263 e. The van der Waals surface area contributed by atoms with Crippen molar-refractivity contribution in [3.63, 3.8) is 0 Å². The Morgan fingerprint density at radius 3 is 2.70 bits per heavy atom. The number of amides is 1. The third-order valence-electron chi connectivity index (χ3n) is 3.15. The Hall–Kier alpha value is -2.01. The van der Waals surface area contributed by atoms with Gasteiger partial charge < -0.3 is 16.4 Å². The van der Waals surface area contributed by atoms with Gasteiger partial charge in [-0.3, -0.25) is 4.79 Å². The first-order chi connectivity index (χ1) is 9.61. The Morgan fingerprint density at radius 1 is 1.35 bits per heavy atom. The molecular formula is C15H19N3OS. The van der Waals surface area contributed by atoms with E-state index < -0.39 is 0 Å². The molecule has 1 unspecified atom stereocenters. The molecule has 1 aromatic heterocycles. The van der Waals surface area contributed by atoms with Gasteiger partial charge in [-0.15, -0.1) is 11.3 Å². The number of nitrogen functional groups attached to an aromatic ring is 1. The van der Waals surface area contributed by atoms with Gasteiger partial charge in [0.1, 0.15) is 4.88 Å². The maximum atomic E-state index is 11.6. The minimum Gasteiger partial charge on any atom is -0.397 e. The highest BCUT2D eigenvalue weighted by Gasteiger charge is 2.13. The number of anilines is 2. The van der Waals surface area contributed by atoms with Gasteiger partial charge in [0.15, 0.2) is 0 Å². The van der Waals surface area contributed by atoms with Gasteiger partial charge in [-0.1, -0.05) is 37.3 Å². The maximum absolute atomic E-state index is 11.6. The molecule has 2 aromatic rings. The number of rotatable bonds is 5. The third kappa shape index (κ3) is 3.30. The molecule has 0 fully saturated rings. The molecule has 1 aromatic carbocycles. The summed E-state index contributed by atoms with van der Waals surface area (Å²) >= 11 is 1.38. The van der Waals surface area contributed by atoms with E-state index in [2.05, 4.69) is 29.7 Å². The van der Waals surface area contributed by atoms with Gasteiger partial charge in [0.05, 0.1) is 10.7 Å². The molecule has 1 heterocycles. The molecule has 0 aliphatic rings. The van der Waals surface area contributed by atoms with Crippen LogP contribution in [-0.4, -0.2) is 19.5 Å². The molecule has 4 nitrogen and oxygen atoms in total. The van der Waals surface area contributed by atoms with Gasteiger partial charge in [-0.25, -0.2) is 0 Å². The van der Waals surface area contributed by atoms with Gasteiger partial charge in [0, 0.05) is 13.6 Å². The van der Waals surface area contributed by atoms with Crippen molar-refractivity contribution in [1.82, 2.24) is 5.32 Å². The van der Waals surface area contributed by atoms with E-state index >= 15 is 0 Å². The van der Waals surface area contributed by atoms with E-state index in [9.17, 15) is 4.79 Å². The summed E-state index contributed by atoms with van der Waals surface area (Å²) in [7, 11) is 1.60. The van der Waals surface area contributed by atoms with Crippen LogP contribution in [0.25, 0.3) is 0 Å². The monoisotopic (exact) mass is 289 g/mol. The van der Waals surface area contributed by atoms with E-state index in [1.165, 1.54) is 16.9 Å². The standard InChI is InChI=1S/C15H19N3OS/c1-10(11-6-4-3-5-7-11)9-18-13-8-12(16)14(20-13)15(19)17-2/h3-8,10,18H,9,16H2,1-2H3,(H,17,19). The number of benzene rings is 1. The SMILES string of the molecule is CNC(=O)c1sc(NCC(C)c2ccccc2)cc1N. The summed E-state index contributed by atoms with van der Waals surface area (Å²) in [6.45, 7) is 2.97. The van der Waals surface area contributed by atoms with Gasteiger partial charge in [0.2, 0.25) is 0 Å². The zero-order valence-electron chi connectivity index (χ0n) is 11.6. The zero-order chi connectivity index (χ0) is 14.5. The minimum atomic E-state index is -0.142. The molecule has 4 N–H and O–H groups in total. The largest absolute Gasteiger partial charge is 0.397 e. The highest BCUT2D eigenvalue weighted by Crippen LogP contribution is 2.29. The van der Waals surface area contributed by atoms with Crippen LogP contribution < -0.4 is 16.4 Å². The average Bonchev–Trinajstić information content (AvgIpc) is 2.86. The van der Waals surface area contributed by atoms with Gasteiger partial charge in [0.25, 0.3) is 5.91 Å². The van der Waals surface area contributed by atoms with E-state index in [1.807, 2.05) is 24.3 Å². The molecule has 0 saturated heterocycles. The lowest BCUT2D eigenvalue weighted by molar-refractivity contribution is 0.0968. The predicted molar refractivity (Wildman–Crippen MR) is 85.5 cm³/mol. The average molecular weight is 289 g/mol. The van der Waals surface area contributed by atoms with Crippen LogP contribution in [0.1, 0.15) is 28.1 Å². The fourth-order valence-corrected chi connectivity index (χ4v) is 2.87. The number of nitrogens with two attached hydrogens (primary N) is 1. The number of hydrogen-bond donors (Lipinski definition) is 3. The van der Waals surface area contributed by atoms with Crippen LogP contribution in [0, 0.1) is 0 Å². The molecule has 0 aliphatic carbocycles. The Morgan fingerprint density at radius 2 is 2.05 bits per heavy atom. The Balaban J connectivity index is 1.99. The van der Waals surface area contributed by atoms with Crippen molar-refractivity contribution in [2.45, 2.75) is 12.8 Å². The van der Waals surface area contributed by atoms with Crippen LogP contribution in [0.4, 0.5) is 10.7 Å². The van der Waals surface area contributed by atoms with Crippen LogP contribution in [0.2, 0.25) is 0 Å². The summed E-state index contributed by atoms with van der Waals surface area (Å²) in [5.41, 5.74) is 7.65. The van der Waals surface area contributed by atoms with E-state index in [-0.39, 0.29) is 5.91 Å². The van der Waals surface area contributed by atoms with Crippen LogP contribution in [0.3, 0.4) is 0 Å². The van der Waals surface area contributed by atoms with Crippen molar-refractivity contribution < 1.29 is 4.79 Å². The fourth-order valence-electron chi connectivity index (χ4n) is 1.94. The Labute approximate surface area is 123 Å². The second-order valence-electron chi connectivity index (χ2n) is 4.67. The number of thiophene rings is 1. The van der Waals surface area contributed by atoms with E-state index in [0.717, 1.165) is 11.5 Å². The van der Waals surface area contributed by atoms with Crippen molar-refractivity contribution in [3.8, 4) is 0 Å². The van der Waals surface area contributed by atoms with Crippen molar-refractivity contribution in [2.24, 2.45) is 0 Å². The summed E-state index contributed by atoms with van der Waals surface area (Å²) < 4.78 is 0. The summed E-state index contributed by atoms with van der Waals surface area (Å²) in [6, 6.07) is 12.1. The van der Waals surface area contributed by atoms with E-state index in [1.54, 1.807) is 7.05 Å². The first-order valence-electron chi connectivity index (χ1n) is 6.52. The van der Waals surface area contributed by atoms with Gasteiger partial charge in [-0.2, -0.15) is 0 Å².